The van der Waals surface area contributed by atoms with Gasteiger partial charge in [-0.2, -0.15) is 0 Å². The highest BCUT2D eigenvalue weighted by molar-refractivity contribution is 6.32. The van der Waals surface area contributed by atoms with Crippen molar-refractivity contribution in [1.29, 1.82) is 0 Å². The first-order chi connectivity index (χ1) is 10.0. The Hall–Kier alpha value is -1.92. The monoisotopic (exact) mass is 307 g/mol. The Labute approximate surface area is 126 Å². The Morgan fingerprint density at radius 1 is 1.33 bits per heavy atom. The topological polar surface area (TPSA) is 92.5 Å². The number of benzene rings is 1. The molecule has 3 rings (SSSR count). The van der Waals surface area contributed by atoms with E-state index in [1.165, 1.54) is 4.90 Å². The van der Waals surface area contributed by atoms with Gasteiger partial charge < -0.3 is 10.6 Å². The highest BCUT2D eigenvalue weighted by Crippen LogP contribution is 2.33. The molecular weight excluding hydrogens is 294 g/mol. The van der Waals surface area contributed by atoms with Gasteiger partial charge in [0, 0.05) is 35.7 Å². The maximum absolute atomic E-state index is 12.5. The minimum absolute atomic E-state index is 0.234. The van der Waals surface area contributed by atoms with Crippen LogP contribution in [0.25, 0.3) is 0 Å². The Kier molecular flexibility index (Phi) is 3.43. The minimum atomic E-state index is -0.625. The summed E-state index contributed by atoms with van der Waals surface area (Å²) in [5.41, 5.74) is 7.57. The van der Waals surface area contributed by atoms with E-state index in [-0.39, 0.29) is 24.8 Å². The van der Waals surface area contributed by atoms with Crippen LogP contribution >= 0.6 is 11.6 Å². The molecule has 7 heteroatoms. The van der Waals surface area contributed by atoms with E-state index in [2.05, 4.69) is 5.32 Å². The zero-order valence-electron chi connectivity index (χ0n) is 11.2. The van der Waals surface area contributed by atoms with E-state index >= 15 is 0 Å². The van der Waals surface area contributed by atoms with Crippen molar-refractivity contribution in [2.24, 2.45) is 5.73 Å². The summed E-state index contributed by atoms with van der Waals surface area (Å²) in [4.78, 5) is 37.1. The van der Waals surface area contributed by atoms with Crippen molar-refractivity contribution >= 4 is 29.3 Å². The van der Waals surface area contributed by atoms with Gasteiger partial charge in [0.05, 0.1) is 0 Å². The van der Waals surface area contributed by atoms with Crippen LogP contribution in [0.1, 0.15) is 34.3 Å². The molecule has 1 saturated heterocycles. The summed E-state index contributed by atoms with van der Waals surface area (Å²) in [6, 6.07) is 2.83. The largest absolute Gasteiger partial charge is 0.326 e. The molecule has 1 atom stereocenters. The van der Waals surface area contributed by atoms with Gasteiger partial charge in [0.25, 0.3) is 5.91 Å². The number of nitrogens with zero attached hydrogens (tertiary/aromatic N) is 1. The molecule has 1 aromatic rings. The van der Waals surface area contributed by atoms with E-state index in [9.17, 15) is 14.4 Å². The molecule has 6 nitrogen and oxygen atoms in total. The molecule has 0 spiro atoms. The third kappa shape index (κ3) is 2.30. The van der Waals surface area contributed by atoms with Crippen molar-refractivity contribution in [2.45, 2.75) is 32.0 Å². The molecule has 0 radical (unpaired) electrons. The maximum atomic E-state index is 12.5. The van der Waals surface area contributed by atoms with Crippen LogP contribution < -0.4 is 11.1 Å². The van der Waals surface area contributed by atoms with Crippen LogP contribution in [-0.2, 0) is 22.7 Å². The predicted molar refractivity (Wildman–Crippen MR) is 75.4 cm³/mol. The molecule has 0 aliphatic carbocycles. The fourth-order valence-corrected chi connectivity index (χ4v) is 3.09. The van der Waals surface area contributed by atoms with Gasteiger partial charge in [0.2, 0.25) is 11.8 Å². The van der Waals surface area contributed by atoms with Gasteiger partial charge in [-0.05, 0) is 24.1 Å². The van der Waals surface area contributed by atoms with E-state index in [1.54, 1.807) is 12.1 Å². The fraction of sp³-hybridized carbons (Fsp3) is 0.357. The second-order valence-corrected chi connectivity index (χ2v) is 5.62. The maximum Gasteiger partial charge on any atom is 0.255 e. The van der Waals surface area contributed by atoms with Crippen LogP contribution in [0.3, 0.4) is 0 Å². The zero-order chi connectivity index (χ0) is 15.1. The van der Waals surface area contributed by atoms with E-state index in [0.717, 1.165) is 5.56 Å². The molecule has 1 aromatic carbocycles. The molecule has 21 heavy (non-hydrogen) atoms. The number of nitrogens with two attached hydrogens (primary N) is 1. The molecule has 1 unspecified atom stereocenters. The number of hydrogen-bond donors (Lipinski definition) is 2. The fourth-order valence-electron chi connectivity index (χ4n) is 2.79. The van der Waals surface area contributed by atoms with E-state index in [4.69, 9.17) is 17.3 Å². The number of piperidine rings is 1. The van der Waals surface area contributed by atoms with Gasteiger partial charge in [0.15, 0.2) is 0 Å². The zero-order valence-corrected chi connectivity index (χ0v) is 11.9. The molecule has 2 aliphatic rings. The first kappa shape index (κ1) is 14.0. The third-order valence-electron chi connectivity index (χ3n) is 3.90. The van der Waals surface area contributed by atoms with E-state index in [1.807, 2.05) is 0 Å². The van der Waals surface area contributed by atoms with Crippen molar-refractivity contribution in [2.75, 3.05) is 0 Å². The normalized spacial score (nSPS) is 21.5. The van der Waals surface area contributed by atoms with Crippen LogP contribution in [0.2, 0.25) is 5.02 Å². The molecule has 2 aliphatic heterocycles. The second-order valence-electron chi connectivity index (χ2n) is 5.21. The highest BCUT2D eigenvalue weighted by Gasteiger charge is 2.39. The smallest absolute Gasteiger partial charge is 0.255 e. The number of nitrogens with one attached hydrogen (secondary N) is 1. The Morgan fingerprint density at radius 2 is 2.10 bits per heavy atom. The van der Waals surface area contributed by atoms with Crippen LogP contribution in [0.15, 0.2) is 12.1 Å². The van der Waals surface area contributed by atoms with E-state index in [0.29, 0.717) is 29.1 Å². The highest BCUT2D eigenvalue weighted by atomic mass is 35.5. The molecule has 110 valence electrons. The first-order valence-electron chi connectivity index (χ1n) is 6.67. The molecule has 0 bridgehead atoms. The molecular formula is C14H14ClN3O3. The standard InChI is InChI=1S/C14H14ClN3O3/c15-10-4-7(5-16)3-8-9(10)6-18(14(8)21)11-1-2-12(19)17-13(11)20/h3-4,11H,1-2,5-6,16H2,(H,17,19,20). The Bertz CT molecular complexity index is 659. The van der Waals surface area contributed by atoms with E-state index < -0.39 is 11.9 Å². The number of amides is 3. The Morgan fingerprint density at radius 3 is 2.76 bits per heavy atom. The summed E-state index contributed by atoms with van der Waals surface area (Å²) in [6.07, 6.45) is 0.573. The molecule has 0 aromatic heterocycles. The quantitative estimate of drug-likeness (QED) is 0.781. The molecule has 1 fully saturated rings. The van der Waals surface area contributed by atoms with Gasteiger partial charge >= 0.3 is 0 Å². The van der Waals surface area contributed by atoms with Gasteiger partial charge in [-0.1, -0.05) is 11.6 Å². The van der Waals surface area contributed by atoms with Crippen molar-refractivity contribution in [3.05, 3.63) is 33.8 Å². The lowest BCUT2D eigenvalue weighted by Crippen LogP contribution is -2.52. The van der Waals surface area contributed by atoms with Gasteiger partial charge in [-0.25, -0.2) is 0 Å². The number of hydrogen-bond acceptors (Lipinski definition) is 4. The molecule has 3 amide bonds. The van der Waals surface area contributed by atoms with Crippen molar-refractivity contribution in [1.82, 2.24) is 10.2 Å². The minimum Gasteiger partial charge on any atom is -0.326 e. The molecule has 3 N–H and O–H groups in total. The number of rotatable bonds is 2. The lowest BCUT2D eigenvalue weighted by molar-refractivity contribution is -0.136. The summed E-state index contributed by atoms with van der Waals surface area (Å²) in [5.74, 6) is -0.969. The lowest BCUT2D eigenvalue weighted by Gasteiger charge is -2.29. The van der Waals surface area contributed by atoms with Crippen LogP contribution in [-0.4, -0.2) is 28.7 Å². The summed E-state index contributed by atoms with van der Waals surface area (Å²) < 4.78 is 0. The van der Waals surface area contributed by atoms with Crippen molar-refractivity contribution < 1.29 is 14.4 Å². The summed E-state index contributed by atoms with van der Waals surface area (Å²) in [5, 5.41) is 2.75. The molecule has 2 heterocycles. The molecule has 0 saturated carbocycles. The van der Waals surface area contributed by atoms with Gasteiger partial charge in [0.1, 0.15) is 6.04 Å². The van der Waals surface area contributed by atoms with Crippen LogP contribution in [0.4, 0.5) is 0 Å². The number of halogens is 1. The third-order valence-corrected chi connectivity index (χ3v) is 4.23. The number of carbonyl (C=O) groups is 3. The summed E-state index contributed by atoms with van der Waals surface area (Å²) >= 11 is 6.19. The predicted octanol–water partition coefficient (Wildman–Crippen LogP) is 0.560. The number of carbonyl (C=O) groups excluding carboxylic acids is 3. The van der Waals surface area contributed by atoms with Crippen molar-refractivity contribution in [3.8, 4) is 0 Å². The van der Waals surface area contributed by atoms with Gasteiger partial charge in [-0.15, -0.1) is 0 Å². The lowest BCUT2D eigenvalue weighted by atomic mass is 10.0. The average Bonchev–Trinajstić information content (AvgIpc) is 2.77. The number of imide groups is 1. The van der Waals surface area contributed by atoms with Gasteiger partial charge in [-0.3, -0.25) is 19.7 Å². The van der Waals surface area contributed by atoms with Crippen LogP contribution in [0, 0.1) is 0 Å². The Balaban J connectivity index is 1.92. The first-order valence-corrected chi connectivity index (χ1v) is 7.05. The second kappa shape index (κ2) is 5.13. The summed E-state index contributed by atoms with van der Waals surface area (Å²) in [6.45, 7) is 0.572. The number of fused-ring (bicyclic) bond motifs is 1. The summed E-state index contributed by atoms with van der Waals surface area (Å²) in [7, 11) is 0. The average molecular weight is 308 g/mol. The van der Waals surface area contributed by atoms with Crippen molar-refractivity contribution in [3.63, 3.8) is 0 Å². The SMILES string of the molecule is NCc1cc(Cl)c2c(c1)C(=O)N(C1CCC(=O)NC1=O)C2. The van der Waals surface area contributed by atoms with Crippen LogP contribution in [0.5, 0.6) is 0 Å².